The minimum absolute atomic E-state index is 0.304. The molecule has 1 aliphatic heterocycles. The highest BCUT2D eigenvalue weighted by atomic mass is 16.6. The van der Waals surface area contributed by atoms with E-state index in [0.717, 1.165) is 36.2 Å². The zero-order valence-corrected chi connectivity index (χ0v) is 25.7. The lowest BCUT2D eigenvalue weighted by molar-refractivity contribution is -0.100. The summed E-state index contributed by atoms with van der Waals surface area (Å²) < 4.78 is 12.9. The molecule has 1 spiro atoms. The summed E-state index contributed by atoms with van der Waals surface area (Å²) in [6.07, 6.45) is 24.8. The van der Waals surface area contributed by atoms with Crippen LogP contribution in [0.5, 0.6) is 0 Å². The van der Waals surface area contributed by atoms with Gasteiger partial charge in [-0.3, -0.25) is 0 Å². The summed E-state index contributed by atoms with van der Waals surface area (Å²) in [7, 11) is 0. The molecule has 1 saturated heterocycles. The van der Waals surface area contributed by atoms with Crippen LogP contribution in [0, 0.1) is 46.3 Å². The van der Waals surface area contributed by atoms with E-state index in [4.69, 9.17) is 9.47 Å². The van der Waals surface area contributed by atoms with Gasteiger partial charge in [0.25, 0.3) is 0 Å². The van der Waals surface area contributed by atoms with Crippen molar-refractivity contribution in [3.8, 4) is 0 Å². The third kappa shape index (κ3) is 5.23. The molecule has 5 rings (SSSR count). The quantitative estimate of drug-likeness (QED) is 0.180. The molecule has 11 atom stereocenters. The summed E-state index contributed by atoms with van der Waals surface area (Å²) in [5.74, 6) is 5.37. The number of epoxide rings is 1. The van der Waals surface area contributed by atoms with Gasteiger partial charge < -0.3 is 9.47 Å². The van der Waals surface area contributed by atoms with Crippen LogP contribution in [0.15, 0.2) is 0 Å². The lowest BCUT2D eigenvalue weighted by Gasteiger charge is -2.59. The van der Waals surface area contributed by atoms with Crippen LogP contribution in [0.1, 0.15) is 151 Å². The van der Waals surface area contributed by atoms with Crippen molar-refractivity contribution >= 4 is 0 Å². The molecule has 2 nitrogen and oxygen atoms in total. The minimum atomic E-state index is 0.304. The van der Waals surface area contributed by atoms with Crippen molar-refractivity contribution in [3.63, 3.8) is 0 Å². The summed E-state index contributed by atoms with van der Waals surface area (Å²) in [5.41, 5.74) is 1.37. The lowest BCUT2D eigenvalue weighted by atomic mass is 9.44. The van der Waals surface area contributed by atoms with Crippen molar-refractivity contribution < 1.29 is 9.47 Å². The third-order valence-electron chi connectivity index (χ3n) is 13.3. The topological polar surface area (TPSA) is 21.8 Å². The summed E-state index contributed by atoms with van der Waals surface area (Å²) in [6, 6.07) is 0. The van der Waals surface area contributed by atoms with Crippen LogP contribution >= 0.6 is 0 Å². The van der Waals surface area contributed by atoms with Gasteiger partial charge in [-0.25, -0.2) is 0 Å². The summed E-state index contributed by atoms with van der Waals surface area (Å²) in [4.78, 5) is 0. The molecule has 0 bridgehead atoms. The van der Waals surface area contributed by atoms with Crippen LogP contribution in [0.2, 0.25) is 0 Å². The highest BCUT2D eigenvalue weighted by Crippen LogP contribution is 2.74. The maximum Gasteiger partial charge on any atom is 0.100 e. The fourth-order valence-electron chi connectivity index (χ4n) is 11.0. The molecular formula is C35H62O2. The molecule has 37 heavy (non-hydrogen) atoms. The highest BCUT2D eigenvalue weighted by molar-refractivity contribution is 5.23. The smallest absolute Gasteiger partial charge is 0.100 e. The van der Waals surface area contributed by atoms with E-state index in [1.54, 1.807) is 0 Å². The molecule has 0 amide bonds. The number of rotatable bonds is 13. The van der Waals surface area contributed by atoms with E-state index in [1.807, 2.05) is 0 Å². The largest absolute Gasteiger partial charge is 0.378 e. The van der Waals surface area contributed by atoms with E-state index in [-0.39, 0.29) is 0 Å². The molecule has 4 aliphatic carbocycles. The molecule has 1 heterocycles. The molecular weight excluding hydrogens is 452 g/mol. The van der Waals surface area contributed by atoms with Crippen molar-refractivity contribution in [1.29, 1.82) is 0 Å². The van der Waals surface area contributed by atoms with E-state index >= 15 is 0 Å². The Kier molecular flexibility index (Phi) is 8.78. The lowest BCUT2D eigenvalue weighted by Crippen LogP contribution is -2.57. The Morgan fingerprint density at radius 3 is 2.46 bits per heavy atom. The second-order valence-corrected chi connectivity index (χ2v) is 15.5. The van der Waals surface area contributed by atoms with Crippen molar-refractivity contribution in [2.45, 2.75) is 169 Å². The Morgan fingerprint density at radius 1 is 0.838 bits per heavy atom. The maximum atomic E-state index is 6.65. The van der Waals surface area contributed by atoms with E-state index in [1.165, 1.54) is 109 Å². The van der Waals surface area contributed by atoms with Gasteiger partial charge in [0.1, 0.15) is 5.60 Å². The van der Waals surface area contributed by atoms with Crippen LogP contribution in [-0.2, 0) is 9.47 Å². The predicted molar refractivity (Wildman–Crippen MR) is 156 cm³/mol. The number of unbranched alkanes of at least 4 members (excludes halogenated alkanes) is 3. The van der Waals surface area contributed by atoms with Crippen LogP contribution in [0.4, 0.5) is 0 Å². The van der Waals surface area contributed by atoms with Gasteiger partial charge in [0, 0.05) is 12.0 Å². The third-order valence-corrected chi connectivity index (χ3v) is 13.3. The van der Waals surface area contributed by atoms with Crippen molar-refractivity contribution in [3.05, 3.63) is 0 Å². The second kappa shape index (κ2) is 11.4. The Bertz CT molecular complexity index is 750. The molecule has 214 valence electrons. The first-order valence-electron chi connectivity index (χ1n) is 17.0. The fourth-order valence-corrected chi connectivity index (χ4v) is 11.0. The van der Waals surface area contributed by atoms with Crippen molar-refractivity contribution in [1.82, 2.24) is 0 Å². The average Bonchev–Trinajstić information content (AvgIpc) is 3.47. The minimum Gasteiger partial charge on any atom is -0.378 e. The van der Waals surface area contributed by atoms with Gasteiger partial charge in [-0.2, -0.15) is 0 Å². The van der Waals surface area contributed by atoms with E-state index in [2.05, 4.69) is 41.5 Å². The van der Waals surface area contributed by atoms with Crippen LogP contribution in [-0.4, -0.2) is 24.4 Å². The molecule has 0 N–H and O–H groups in total. The van der Waals surface area contributed by atoms with Crippen LogP contribution in [0.25, 0.3) is 0 Å². The molecule has 2 heteroatoms. The summed E-state index contributed by atoms with van der Waals surface area (Å²) in [6.45, 7) is 16.0. The molecule has 0 aromatic heterocycles. The first-order valence-corrected chi connectivity index (χ1v) is 17.0. The number of fused-ring (bicyclic) bond motifs is 4. The van der Waals surface area contributed by atoms with Crippen molar-refractivity contribution in [2.24, 2.45) is 46.3 Å². The number of hydrogen-bond acceptors (Lipinski definition) is 2. The Labute approximate surface area is 230 Å². The van der Waals surface area contributed by atoms with E-state index < -0.39 is 0 Å². The second-order valence-electron chi connectivity index (χ2n) is 15.5. The normalized spacial score (nSPS) is 44.8. The van der Waals surface area contributed by atoms with Gasteiger partial charge >= 0.3 is 0 Å². The predicted octanol–water partition coefficient (Wildman–Crippen LogP) is 9.98. The van der Waals surface area contributed by atoms with Crippen molar-refractivity contribution in [2.75, 3.05) is 6.61 Å². The molecule has 4 saturated carbocycles. The van der Waals surface area contributed by atoms with E-state index in [9.17, 15) is 0 Å². The molecule has 4 unspecified atom stereocenters. The summed E-state index contributed by atoms with van der Waals surface area (Å²) >= 11 is 0. The highest BCUT2D eigenvalue weighted by Gasteiger charge is 2.75. The Morgan fingerprint density at radius 2 is 1.65 bits per heavy atom. The SMILES string of the molecule is CCCCCCC(C)OCC(C)CCCC(C)[C@H]1CC[C@H]2[C@@H]3C[C@@H]4OC45CCCC[C@]5(C)[C@H]3CC[C@]12C. The zero-order chi connectivity index (χ0) is 26.3. The molecule has 0 aromatic rings. The first kappa shape index (κ1) is 28.4. The van der Waals surface area contributed by atoms with Gasteiger partial charge in [-0.15, -0.1) is 0 Å². The average molecular weight is 515 g/mol. The van der Waals surface area contributed by atoms with E-state index in [0.29, 0.717) is 34.6 Å². The van der Waals surface area contributed by atoms with Gasteiger partial charge in [-0.1, -0.05) is 86.0 Å². The Hall–Kier alpha value is -0.0800. The molecule has 0 radical (unpaired) electrons. The maximum absolute atomic E-state index is 6.65. The first-order chi connectivity index (χ1) is 17.7. The number of ether oxygens (including phenoxy) is 2. The Balaban J connectivity index is 1.08. The van der Waals surface area contributed by atoms with Gasteiger partial charge in [0.05, 0.1) is 12.2 Å². The van der Waals surface area contributed by atoms with Gasteiger partial charge in [0.2, 0.25) is 0 Å². The van der Waals surface area contributed by atoms with Gasteiger partial charge in [0.15, 0.2) is 0 Å². The van der Waals surface area contributed by atoms with Crippen LogP contribution < -0.4 is 0 Å². The van der Waals surface area contributed by atoms with Gasteiger partial charge in [-0.05, 0) is 106 Å². The summed E-state index contributed by atoms with van der Waals surface area (Å²) in [5, 5.41) is 0. The zero-order valence-electron chi connectivity index (χ0n) is 25.7. The molecule has 0 aromatic carbocycles. The molecule has 5 aliphatic rings. The number of hydrogen-bond donors (Lipinski definition) is 0. The molecule has 5 fully saturated rings. The fraction of sp³-hybridized carbons (Fsp3) is 1.00. The monoisotopic (exact) mass is 514 g/mol. The standard InChI is InChI=1S/C35H62O2/c1-7-8-9-10-16-27(4)36-24-25(2)14-13-15-26(3)29-17-18-30-28-23-32-35(37-32)21-12-11-20-34(35,6)31(28)19-22-33(29,30)5/h25-32H,7-24H2,1-6H3/t25?,26?,27?,28-,29+,30-,31-,32-,33+,34+,35?/m0/s1. The van der Waals surface area contributed by atoms with Crippen LogP contribution in [0.3, 0.4) is 0 Å².